The minimum absolute atomic E-state index is 0.443. The van der Waals surface area contributed by atoms with Crippen LogP contribution in [0.15, 0.2) is 30.3 Å². The standard InChI is InChI=1S/C16H19Cl2NS/c1-3-5-14(19-4-2)16-7-6-15(20-16)11-8-12(17)10-13(18)9-11/h6-10,14,19H,3-5H2,1-2H3. The lowest BCUT2D eigenvalue weighted by Gasteiger charge is -2.15. The monoisotopic (exact) mass is 327 g/mol. The molecular formula is C16H19Cl2NS. The van der Waals surface area contributed by atoms with E-state index in [2.05, 4.69) is 31.3 Å². The number of halogens is 2. The van der Waals surface area contributed by atoms with E-state index in [9.17, 15) is 0 Å². The van der Waals surface area contributed by atoms with Crippen LogP contribution in [0.1, 0.15) is 37.6 Å². The van der Waals surface area contributed by atoms with Crippen LogP contribution in [0.3, 0.4) is 0 Å². The lowest BCUT2D eigenvalue weighted by molar-refractivity contribution is 0.516. The number of rotatable bonds is 6. The van der Waals surface area contributed by atoms with E-state index in [1.54, 1.807) is 6.07 Å². The Morgan fingerprint density at radius 3 is 2.40 bits per heavy atom. The molecule has 2 rings (SSSR count). The number of nitrogens with one attached hydrogen (secondary N) is 1. The van der Waals surface area contributed by atoms with Crippen LogP contribution in [-0.4, -0.2) is 6.54 Å². The molecule has 2 aromatic rings. The molecule has 1 heterocycles. The van der Waals surface area contributed by atoms with Gasteiger partial charge in [0.1, 0.15) is 0 Å². The van der Waals surface area contributed by atoms with Crippen molar-refractivity contribution in [1.82, 2.24) is 5.32 Å². The maximum Gasteiger partial charge on any atom is 0.0427 e. The summed E-state index contributed by atoms with van der Waals surface area (Å²) in [6, 6.07) is 10.5. The molecule has 0 amide bonds. The van der Waals surface area contributed by atoms with Gasteiger partial charge >= 0.3 is 0 Å². The van der Waals surface area contributed by atoms with E-state index in [0.29, 0.717) is 16.1 Å². The van der Waals surface area contributed by atoms with Crippen LogP contribution in [0.25, 0.3) is 10.4 Å². The molecule has 20 heavy (non-hydrogen) atoms. The first kappa shape index (κ1) is 15.8. The van der Waals surface area contributed by atoms with Gasteiger partial charge in [0.25, 0.3) is 0 Å². The normalized spacial score (nSPS) is 12.6. The molecule has 4 heteroatoms. The second-order valence-electron chi connectivity index (χ2n) is 4.76. The molecule has 0 fully saturated rings. The molecule has 0 aliphatic heterocycles. The molecule has 1 nitrogen and oxygen atoms in total. The van der Waals surface area contributed by atoms with Crippen molar-refractivity contribution in [3.63, 3.8) is 0 Å². The lowest BCUT2D eigenvalue weighted by Crippen LogP contribution is -2.19. The Hall–Kier alpha value is -0.540. The topological polar surface area (TPSA) is 12.0 Å². The van der Waals surface area contributed by atoms with Gasteiger partial charge in [-0.05, 0) is 48.9 Å². The summed E-state index contributed by atoms with van der Waals surface area (Å²) in [5.41, 5.74) is 1.09. The number of thiophene rings is 1. The summed E-state index contributed by atoms with van der Waals surface area (Å²) in [6.07, 6.45) is 2.33. The largest absolute Gasteiger partial charge is 0.310 e. The summed E-state index contributed by atoms with van der Waals surface area (Å²) in [6.45, 7) is 5.35. The summed E-state index contributed by atoms with van der Waals surface area (Å²) in [5, 5.41) is 4.91. The Labute approximate surface area is 134 Å². The Bertz CT molecular complexity index is 539. The minimum atomic E-state index is 0.443. The van der Waals surface area contributed by atoms with E-state index in [0.717, 1.165) is 18.5 Å². The van der Waals surface area contributed by atoms with Crippen LogP contribution >= 0.6 is 34.5 Å². The van der Waals surface area contributed by atoms with Crippen molar-refractivity contribution in [3.05, 3.63) is 45.3 Å². The zero-order valence-corrected chi connectivity index (χ0v) is 14.1. The summed E-state index contributed by atoms with van der Waals surface area (Å²) in [4.78, 5) is 2.59. The Balaban J connectivity index is 2.27. The number of hydrogen-bond donors (Lipinski definition) is 1. The van der Waals surface area contributed by atoms with E-state index in [-0.39, 0.29) is 0 Å². The van der Waals surface area contributed by atoms with E-state index in [1.807, 2.05) is 23.5 Å². The molecule has 0 aliphatic rings. The van der Waals surface area contributed by atoms with Crippen molar-refractivity contribution < 1.29 is 0 Å². The maximum absolute atomic E-state index is 6.08. The summed E-state index contributed by atoms with van der Waals surface area (Å²) in [5.74, 6) is 0. The molecule has 0 radical (unpaired) electrons. The second kappa shape index (κ2) is 7.46. The lowest BCUT2D eigenvalue weighted by atomic mass is 10.1. The average molecular weight is 328 g/mol. The maximum atomic E-state index is 6.08. The van der Waals surface area contributed by atoms with Crippen molar-refractivity contribution in [2.45, 2.75) is 32.7 Å². The molecule has 0 spiro atoms. The first-order chi connectivity index (χ1) is 9.63. The van der Waals surface area contributed by atoms with Gasteiger partial charge in [0.2, 0.25) is 0 Å². The van der Waals surface area contributed by atoms with Crippen molar-refractivity contribution >= 4 is 34.5 Å². The van der Waals surface area contributed by atoms with E-state index in [4.69, 9.17) is 23.2 Å². The first-order valence-electron chi connectivity index (χ1n) is 6.93. The minimum Gasteiger partial charge on any atom is -0.310 e. The molecule has 1 aromatic carbocycles. The fraction of sp³-hybridized carbons (Fsp3) is 0.375. The number of benzene rings is 1. The highest BCUT2D eigenvalue weighted by Crippen LogP contribution is 2.35. The zero-order valence-electron chi connectivity index (χ0n) is 11.7. The van der Waals surface area contributed by atoms with Gasteiger partial charge < -0.3 is 5.32 Å². The van der Waals surface area contributed by atoms with Crippen LogP contribution in [0.5, 0.6) is 0 Å². The molecule has 0 saturated carbocycles. The molecule has 0 aliphatic carbocycles. The fourth-order valence-electron chi connectivity index (χ4n) is 2.27. The van der Waals surface area contributed by atoms with Crippen LogP contribution < -0.4 is 5.32 Å². The molecular weight excluding hydrogens is 309 g/mol. The number of hydrogen-bond acceptors (Lipinski definition) is 2. The van der Waals surface area contributed by atoms with Crippen molar-refractivity contribution in [3.8, 4) is 10.4 Å². The highest BCUT2D eigenvalue weighted by molar-refractivity contribution is 7.15. The van der Waals surface area contributed by atoms with Gasteiger partial charge in [0.15, 0.2) is 0 Å². The van der Waals surface area contributed by atoms with E-state index in [1.165, 1.54) is 16.2 Å². The van der Waals surface area contributed by atoms with Gasteiger partial charge in [-0.3, -0.25) is 0 Å². The average Bonchev–Trinajstić information content (AvgIpc) is 2.87. The highest BCUT2D eigenvalue weighted by Gasteiger charge is 2.13. The third-order valence-electron chi connectivity index (χ3n) is 3.15. The third-order valence-corrected chi connectivity index (χ3v) is 4.83. The quantitative estimate of drug-likeness (QED) is 0.668. The van der Waals surface area contributed by atoms with Crippen LogP contribution in [0.4, 0.5) is 0 Å². The Morgan fingerprint density at radius 2 is 1.80 bits per heavy atom. The van der Waals surface area contributed by atoms with Gasteiger partial charge in [-0.2, -0.15) is 0 Å². The van der Waals surface area contributed by atoms with Gasteiger partial charge in [-0.15, -0.1) is 11.3 Å². The Morgan fingerprint density at radius 1 is 1.10 bits per heavy atom. The summed E-state index contributed by atoms with van der Waals surface area (Å²) >= 11 is 14.0. The Kier molecular flexibility index (Phi) is 5.91. The van der Waals surface area contributed by atoms with E-state index < -0.39 is 0 Å². The molecule has 108 valence electrons. The van der Waals surface area contributed by atoms with Gasteiger partial charge in [0.05, 0.1) is 0 Å². The molecule has 1 N–H and O–H groups in total. The third kappa shape index (κ3) is 3.98. The molecule has 0 bridgehead atoms. The predicted octanol–water partition coefficient (Wildman–Crippen LogP) is 6.17. The highest BCUT2D eigenvalue weighted by atomic mass is 35.5. The summed E-state index contributed by atoms with van der Waals surface area (Å²) in [7, 11) is 0. The summed E-state index contributed by atoms with van der Waals surface area (Å²) < 4.78 is 0. The van der Waals surface area contributed by atoms with Crippen LogP contribution in [0.2, 0.25) is 10.0 Å². The fourth-order valence-corrected chi connectivity index (χ4v) is 3.90. The van der Waals surface area contributed by atoms with Gasteiger partial charge in [0, 0.05) is 25.8 Å². The molecule has 0 saturated heterocycles. The second-order valence-corrected chi connectivity index (χ2v) is 6.75. The smallest absolute Gasteiger partial charge is 0.0427 e. The van der Waals surface area contributed by atoms with Crippen molar-refractivity contribution in [2.24, 2.45) is 0 Å². The molecule has 1 atom stereocenters. The molecule has 1 aromatic heterocycles. The first-order valence-corrected chi connectivity index (χ1v) is 8.50. The molecule has 1 unspecified atom stereocenters. The zero-order chi connectivity index (χ0) is 14.5. The SMILES string of the molecule is CCCC(NCC)c1ccc(-c2cc(Cl)cc(Cl)c2)s1. The van der Waals surface area contributed by atoms with Crippen LogP contribution in [-0.2, 0) is 0 Å². The van der Waals surface area contributed by atoms with Gasteiger partial charge in [-0.25, -0.2) is 0 Å². The van der Waals surface area contributed by atoms with Crippen LogP contribution in [0, 0.1) is 0 Å². The van der Waals surface area contributed by atoms with Crippen molar-refractivity contribution in [2.75, 3.05) is 6.54 Å². The van der Waals surface area contributed by atoms with Gasteiger partial charge in [-0.1, -0.05) is 43.5 Å². The predicted molar refractivity (Wildman–Crippen MR) is 91.1 cm³/mol. The van der Waals surface area contributed by atoms with E-state index >= 15 is 0 Å². The van der Waals surface area contributed by atoms with Crippen molar-refractivity contribution in [1.29, 1.82) is 0 Å².